The standard InChI is InChI=1S/C16H34O4S2/c17-22(18,19)20-15-13-11-9-7-5-3-1-2-4-6-8-10-12-14-16-21/h21H,1-16H2,(H,17,18,19). The Morgan fingerprint density at radius 2 is 0.955 bits per heavy atom. The van der Waals surface area contributed by atoms with Crippen molar-refractivity contribution in [2.75, 3.05) is 12.4 Å². The third-order valence-electron chi connectivity index (χ3n) is 3.78. The predicted octanol–water partition coefficient (Wildman–Crippen LogP) is 5.20. The molecule has 0 saturated heterocycles. The number of rotatable bonds is 17. The highest BCUT2D eigenvalue weighted by molar-refractivity contribution is 7.80. The zero-order valence-electron chi connectivity index (χ0n) is 13.8. The van der Waals surface area contributed by atoms with Gasteiger partial charge in [-0.15, -0.1) is 0 Å². The third-order valence-corrected chi connectivity index (χ3v) is 4.57. The van der Waals surface area contributed by atoms with Crippen molar-refractivity contribution in [1.82, 2.24) is 0 Å². The molecule has 0 rings (SSSR count). The van der Waals surface area contributed by atoms with Crippen LogP contribution in [0.4, 0.5) is 0 Å². The predicted molar refractivity (Wildman–Crippen MR) is 96.0 cm³/mol. The van der Waals surface area contributed by atoms with Crippen LogP contribution < -0.4 is 0 Å². The summed E-state index contributed by atoms with van der Waals surface area (Å²) in [6.45, 7) is 0.0901. The smallest absolute Gasteiger partial charge is 0.264 e. The molecule has 134 valence electrons. The molecule has 0 bridgehead atoms. The van der Waals surface area contributed by atoms with Crippen molar-refractivity contribution in [3.05, 3.63) is 0 Å². The van der Waals surface area contributed by atoms with Crippen LogP contribution in [0.1, 0.15) is 89.9 Å². The minimum atomic E-state index is -4.25. The maximum absolute atomic E-state index is 10.3. The average Bonchev–Trinajstić information content (AvgIpc) is 2.45. The normalized spacial score (nSPS) is 11.9. The van der Waals surface area contributed by atoms with Gasteiger partial charge in [0.1, 0.15) is 0 Å². The van der Waals surface area contributed by atoms with Crippen molar-refractivity contribution in [3.8, 4) is 0 Å². The van der Waals surface area contributed by atoms with Gasteiger partial charge in [-0.25, -0.2) is 4.18 Å². The van der Waals surface area contributed by atoms with E-state index in [0.717, 1.165) is 18.6 Å². The van der Waals surface area contributed by atoms with Crippen molar-refractivity contribution in [2.45, 2.75) is 89.9 Å². The minimum absolute atomic E-state index is 0.0901. The minimum Gasteiger partial charge on any atom is -0.264 e. The largest absolute Gasteiger partial charge is 0.397 e. The second-order valence-electron chi connectivity index (χ2n) is 5.92. The lowest BCUT2D eigenvalue weighted by Crippen LogP contribution is -2.04. The maximum atomic E-state index is 10.3. The Bertz CT molecular complexity index is 318. The summed E-state index contributed by atoms with van der Waals surface area (Å²) in [5.41, 5.74) is 0. The fraction of sp³-hybridized carbons (Fsp3) is 1.00. The number of thiol groups is 1. The van der Waals surface area contributed by atoms with Gasteiger partial charge in [-0.05, 0) is 18.6 Å². The van der Waals surface area contributed by atoms with Gasteiger partial charge in [0, 0.05) is 0 Å². The molecule has 22 heavy (non-hydrogen) atoms. The highest BCUT2D eigenvalue weighted by atomic mass is 32.3. The Kier molecular flexibility index (Phi) is 16.3. The van der Waals surface area contributed by atoms with Crippen LogP contribution in [0.2, 0.25) is 0 Å². The molecular formula is C16H34O4S2. The second-order valence-corrected chi connectivity index (χ2v) is 7.46. The van der Waals surface area contributed by atoms with Crippen LogP contribution in [-0.4, -0.2) is 25.3 Å². The van der Waals surface area contributed by atoms with E-state index < -0.39 is 10.4 Å². The molecular weight excluding hydrogens is 320 g/mol. The Hall–Kier alpha value is 0.220. The van der Waals surface area contributed by atoms with Gasteiger partial charge in [-0.3, -0.25) is 4.55 Å². The van der Waals surface area contributed by atoms with E-state index in [1.54, 1.807) is 0 Å². The summed E-state index contributed by atoms with van der Waals surface area (Å²) in [6, 6.07) is 0. The monoisotopic (exact) mass is 354 g/mol. The lowest BCUT2D eigenvalue weighted by atomic mass is 10.0. The summed E-state index contributed by atoms with van der Waals surface area (Å²) in [6.07, 6.45) is 17.3. The van der Waals surface area contributed by atoms with Gasteiger partial charge in [0.15, 0.2) is 0 Å². The second kappa shape index (κ2) is 16.1. The Labute approximate surface area is 142 Å². The first kappa shape index (κ1) is 22.2. The lowest BCUT2D eigenvalue weighted by molar-refractivity contribution is 0.261. The van der Waals surface area contributed by atoms with Crippen molar-refractivity contribution < 1.29 is 17.2 Å². The van der Waals surface area contributed by atoms with Crippen LogP contribution in [0.15, 0.2) is 0 Å². The van der Waals surface area contributed by atoms with Crippen LogP contribution in [0.25, 0.3) is 0 Å². The molecule has 0 radical (unpaired) electrons. The van der Waals surface area contributed by atoms with Crippen LogP contribution in [-0.2, 0) is 14.6 Å². The zero-order valence-corrected chi connectivity index (χ0v) is 15.6. The van der Waals surface area contributed by atoms with E-state index in [-0.39, 0.29) is 6.61 Å². The van der Waals surface area contributed by atoms with Gasteiger partial charge < -0.3 is 0 Å². The summed E-state index contributed by atoms with van der Waals surface area (Å²) in [5.74, 6) is 1.02. The van der Waals surface area contributed by atoms with Gasteiger partial charge in [0.25, 0.3) is 0 Å². The molecule has 6 heteroatoms. The summed E-state index contributed by atoms with van der Waals surface area (Å²) in [4.78, 5) is 0. The molecule has 4 nitrogen and oxygen atoms in total. The number of hydrogen-bond donors (Lipinski definition) is 2. The summed E-state index contributed by atoms with van der Waals surface area (Å²) >= 11 is 4.21. The fourth-order valence-electron chi connectivity index (χ4n) is 2.50. The first-order valence-electron chi connectivity index (χ1n) is 8.79. The number of hydrogen-bond acceptors (Lipinski definition) is 4. The lowest BCUT2D eigenvalue weighted by Gasteiger charge is -2.03. The molecule has 0 saturated carbocycles. The Balaban J connectivity index is 3.03. The van der Waals surface area contributed by atoms with Crippen molar-refractivity contribution in [1.29, 1.82) is 0 Å². The zero-order chi connectivity index (χ0) is 16.5. The van der Waals surface area contributed by atoms with Crippen LogP contribution >= 0.6 is 12.6 Å². The molecule has 0 aromatic carbocycles. The molecule has 0 aliphatic rings. The molecule has 0 fully saturated rings. The quantitative estimate of drug-likeness (QED) is 0.214. The van der Waals surface area contributed by atoms with Crippen LogP contribution in [0.5, 0.6) is 0 Å². The van der Waals surface area contributed by atoms with E-state index >= 15 is 0 Å². The highest BCUT2D eigenvalue weighted by Gasteiger charge is 2.02. The first-order valence-corrected chi connectivity index (χ1v) is 10.8. The molecule has 0 heterocycles. The molecule has 0 aliphatic carbocycles. The topological polar surface area (TPSA) is 63.6 Å². The highest BCUT2D eigenvalue weighted by Crippen LogP contribution is 2.13. The van der Waals surface area contributed by atoms with E-state index in [9.17, 15) is 8.42 Å². The van der Waals surface area contributed by atoms with E-state index in [4.69, 9.17) is 4.55 Å². The van der Waals surface area contributed by atoms with Gasteiger partial charge in [0.05, 0.1) is 6.61 Å². The molecule has 0 aromatic heterocycles. The van der Waals surface area contributed by atoms with Crippen molar-refractivity contribution >= 4 is 23.0 Å². The van der Waals surface area contributed by atoms with Crippen molar-refractivity contribution in [2.24, 2.45) is 0 Å². The number of unbranched alkanes of at least 4 members (excludes halogenated alkanes) is 13. The Morgan fingerprint density at radius 3 is 1.27 bits per heavy atom. The molecule has 0 unspecified atom stereocenters. The maximum Gasteiger partial charge on any atom is 0.397 e. The van der Waals surface area contributed by atoms with Crippen molar-refractivity contribution in [3.63, 3.8) is 0 Å². The molecule has 0 spiro atoms. The molecule has 0 atom stereocenters. The van der Waals surface area contributed by atoms with Gasteiger partial charge in [-0.2, -0.15) is 21.0 Å². The summed E-state index contributed by atoms with van der Waals surface area (Å²) in [5, 5.41) is 0. The molecule has 0 aliphatic heterocycles. The van der Waals surface area contributed by atoms with Gasteiger partial charge in [-0.1, -0.05) is 77.0 Å². The van der Waals surface area contributed by atoms with E-state index in [0.29, 0.717) is 6.42 Å². The SMILES string of the molecule is O=S(=O)(O)OCCCCCCCCCCCCCCCCS. The Morgan fingerprint density at radius 1 is 0.636 bits per heavy atom. The average molecular weight is 355 g/mol. The van der Waals surface area contributed by atoms with Crippen LogP contribution in [0, 0.1) is 0 Å². The fourth-order valence-corrected chi connectivity index (χ4v) is 3.05. The van der Waals surface area contributed by atoms with E-state index in [1.807, 2.05) is 0 Å². The van der Waals surface area contributed by atoms with Gasteiger partial charge >= 0.3 is 10.4 Å². The third kappa shape index (κ3) is 20.2. The summed E-state index contributed by atoms with van der Waals surface area (Å²) < 4.78 is 33.3. The molecule has 0 aromatic rings. The summed E-state index contributed by atoms with van der Waals surface area (Å²) in [7, 11) is -4.25. The first-order chi connectivity index (χ1) is 10.6. The molecule has 1 N–H and O–H groups in total. The van der Waals surface area contributed by atoms with E-state index in [1.165, 1.54) is 70.6 Å². The molecule has 0 amide bonds. The van der Waals surface area contributed by atoms with E-state index in [2.05, 4.69) is 16.8 Å². The van der Waals surface area contributed by atoms with Crippen LogP contribution in [0.3, 0.4) is 0 Å². The van der Waals surface area contributed by atoms with Gasteiger partial charge in [0.2, 0.25) is 0 Å².